The van der Waals surface area contributed by atoms with Crippen LogP contribution in [0.5, 0.6) is 0 Å². The van der Waals surface area contributed by atoms with Gasteiger partial charge >= 0.3 is 5.97 Å². The number of thiophene rings is 1. The molecule has 0 atom stereocenters. The Morgan fingerprint density at radius 3 is 2.95 bits per heavy atom. The topological polar surface area (TPSA) is 91.2 Å². The number of aromatic nitrogens is 2. The number of nitrogens with two attached hydrogens (primary N) is 1. The number of fused-ring (bicyclic) bond motifs is 1. The van der Waals surface area contributed by atoms with E-state index in [2.05, 4.69) is 9.97 Å². The molecule has 2 N–H and O–H groups in total. The Hall–Kier alpha value is -2.41. The van der Waals surface area contributed by atoms with Crippen LogP contribution in [0.1, 0.15) is 33.7 Å². The number of ether oxygens (including phenoxy) is 1. The zero-order valence-corrected chi connectivity index (χ0v) is 13.1. The van der Waals surface area contributed by atoms with Gasteiger partial charge in [-0.2, -0.15) is 0 Å². The summed E-state index contributed by atoms with van der Waals surface area (Å²) in [7, 11) is 0. The van der Waals surface area contributed by atoms with Crippen LogP contribution in [0.4, 0.5) is 5.82 Å². The summed E-state index contributed by atoms with van der Waals surface area (Å²) in [6.45, 7) is 3.94. The molecule has 7 heteroatoms. The largest absolute Gasteiger partial charge is 0.469 e. The molecule has 114 valence electrons. The molecule has 0 unspecified atom stereocenters. The SMILES string of the molecule is CCOC(=O)c1sc2nc(Cc3ccco3)nc(N)c2c1C. The summed E-state index contributed by atoms with van der Waals surface area (Å²) in [4.78, 5) is 22.0. The number of nitrogen functional groups attached to an aromatic ring is 1. The molecule has 0 saturated carbocycles. The molecule has 0 aliphatic heterocycles. The van der Waals surface area contributed by atoms with Gasteiger partial charge in [-0.05, 0) is 31.5 Å². The molecule has 0 saturated heterocycles. The lowest BCUT2D eigenvalue weighted by Gasteiger charge is -2.02. The molecule has 0 spiro atoms. The molecule has 3 aromatic rings. The predicted octanol–water partition coefficient (Wildman–Crippen LogP) is 2.94. The molecule has 0 bridgehead atoms. The number of nitrogens with zero attached hydrogens (tertiary/aromatic N) is 2. The number of furan rings is 1. The van der Waals surface area contributed by atoms with Gasteiger partial charge in [0.05, 0.1) is 24.7 Å². The van der Waals surface area contributed by atoms with Gasteiger partial charge in [0.2, 0.25) is 0 Å². The summed E-state index contributed by atoms with van der Waals surface area (Å²) in [5.74, 6) is 1.35. The number of carbonyl (C=O) groups excluding carboxylic acids is 1. The average Bonchev–Trinajstić information content (AvgIpc) is 3.07. The highest BCUT2D eigenvalue weighted by molar-refractivity contribution is 7.20. The van der Waals surface area contributed by atoms with Crippen molar-refractivity contribution in [3.8, 4) is 0 Å². The molecule has 3 rings (SSSR count). The number of carbonyl (C=O) groups is 1. The predicted molar refractivity (Wildman–Crippen MR) is 84.0 cm³/mol. The lowest BCUT2D eigenvalue weighted by molar-refractivity contribution is 0.0531. The summed E-state index contributed by atoms with van der Waals surface area (Å²) < 4.78 is 10.4. The van der Waals surface area contributed by atoms with Crippen LogP contribution in [0.15, 0.2) is 22.8 Å². The summed E-state index contributed by atoms with van der Waals surface area (Å²) >= 11 is 1.28. The van der Waals surface area contributed by atoms with Gasteiger partial charge in [0.25, 0.3) is 0 Å². The van der Waals surface area contributed by atoms with Crippen LogP contribution < -0.4 is 5.73 Å². The smallest absolute Gasteiger partial charge is 0.348 e. The molecule has 0 fully saturated rings. The van der Waals surface area contributed by atoms with Gasteiger partial charge in [-0.15, -0.1) is 11.3 Å². The average molecular weight is 317 g/mol. The van der Waals surface area contributed by atoms with Crippen molar-refractivity contribution in [1.82, 2.24) is 9.97 Å². The van der Waals surface area contributed by atoms with Crippen LogP contribution in [0.2, 0.25) is 0 Å². The standard InChI is InChI=1S/C15H15N3O3S/c1-3-20-15(19)12-8(2)11-13(16)17-10(18-14(11)22-12)7-9-5-4-6-21-9/h4-6H,3,7H2,1-2H3,(H2,16,17,18). The third-order valence-corrected chi connectivity index (χ3v) is 4.40. The van der Waals surface area contributed by atoms with Gasteiger partial charge in [-0.1, -0.05) is 0 Å². The van der Waals surface area contributed by atoms with E-state index in [0.717, 1.165) is 16.7 Å². The van der Waals surface area contributed by atoms with Gasteiger partial charge in [0.15, 0.2) is 0 Å². The Labute approximate surface area is 130 Å². The third kappa shape index (κ3) is 2.55. The number of hydrogen-bond acceptors (Lipinski definition) is 7. The van der Waals surface area contributed by atoms with E-state index in [1.807, 2.05) is 19.1 Å². The van der Waals surface area contributed by atoms with E-state index in [4.69, 9.17) is 14.9 Å². The van der Waals surface area contributed by atoms with Crippen molar-refractivity contribution in [3.63, 3.8) is 0 Å². The molecule has 0 aromatic carbocycles. The van der Waals surface area contributed by atoms with Crippen molar-refractivity contribution in [3.05, 3.63) is 40.4 Å². The Morgan fingerprint density at radius 2 is 2.27 bits per heavy atom. The van der Waals surface area contributed by atoms with Crippen molar-refractivity contribution in [2.24, 2.45) is 0 Å². The molecular weight excluding hydrogens is 302 g/mol. The highest BCUT2D eigenvalue weighted by atomic mass is 32.1. The lowest BCUT2D eigenvalue weighted by atomic mass is 10.2. The van der Waals surface area contributed by atoms with Crippen molar-refractivity contribution < 1.29 is 13.9 Å². The van der Waals surface area contributed by atoms with Crippen molar-refractivity contribution in [1.29, 1.82) is 0 Å². The van der Waals surface area contributed by atoms with Gasteiger partial charge in [0.1, 0.15) is 27.1 Å². The number of anilines is 1. The molecule has 3 heterocycles. The van der Waals surface area contributed by atoms with Gasteiger partial charge in [-0.3, -0.25) is 0 Å². The lowest BCUT2D eigenvalue weighted by Crippen LogP contribution is -2.04. The number of aryl methyl sites for hydroxylation is 1. The van der Waals surface area contributed by atoms with Crippen molar-refractivity contribution in [2.45, 2.75) is 20.3 Å². The molecule has 0 aliphatic rings. The molecule has 6 nitrogen and oxygen atoms in total. The quantitative estimate of drug-likeness (QED) is 0.744. The first-order valence-corrected chi connectivity index (χ1v) is 7.66. The van der Waals surface area contributed by atoms with E-state index in [0.29, 0.717) is 34.4 Å². The molecule has 3 aromatic heterocycles. The molecule has 22 heavy (non-hydrogen) atoms. The fourth-order valence-electron chi connectivity index (χ4n) is 2.26. The molecule has 0 aliphatic carbocycles. The monoisotopic (exact) mass is 317 g/mol. The maximum absolute atomic E-state index is 12.0. The number of esters is 1. The second-order valence-electron chi connectivity index (χ2n) is 4.74. The first-order valence-electron chi connectivity index (χ1n) is 6.85. The number of rotatable bonds is 4. The second-order valence-corrected chi connectivity index (χ2v) is 5.74. The summed E-state index contributed by atoms with van der Waals surface area (Å²) in [6.07, 6.45) is 2.06. The van der Waals surface area contributed by atoms with E-state index in [1.165, 1.54) is 11.3 Å². The first kappa shape index (κ1) is 14.5. The fraction of sp³-hybridized carbons (Fsp3) is 0.267. The first-order chi connectivity index (χ1) is 10.6. The number of hydrogen-bond donors (Lipinski definition) is 1. The van der Waals surface area contributed by atoms with Crippen molar-refractivity contribution >= 4 is 33.3 Å². The minimum Gasteiger partial charge on any atom is -0.469 e. The molecule has 0 radical (unpaired) electrons. The van der Waals surface area contributed by atoms with E-state index >= 15 is 0 Å². The van der Waals surface area contributed by atoms with Gasteiger partial charge < -0.3 is 14.9 Å². The minimum atomic E-state index is -0.352. The Morgan fingerprint density at radius 1 is 1.45 bits per heavy atom. The highest BCUT2D eigenvalue weighted by Gasteiger charge is 2.20. The zero-order valence-electron chi connectivity index (χ0n) is 12.3. The Bertz CT molecular complexity index is 824. The van der Waals surface area contributed by atoms with Crippen LogP contribution in [-0.4, -0.2) is 22.5 Å². The van der Waals surface area contributed by atoms with E-state index in [1.54, 1.807) is 13.2 Å². The van der Waals surface area contributed by atoms with E-state index in [-0.39, 0.29) is 5.97 Å². The fourth-order valence-corrected chi connectivity index (χ4v) is 3.36. The normalized spacial score (nSPS) is 11.0. The zero-order chi connectivity index (χ0) is 15.7. The van der Waals surface area contributed by atoms with Crippen LogP contribution >= 0.6 is 11.3 Å². The highest BCUT2D eigenvalue weighted by Crippen LogP contribution is 2.33. The van der Waals surface area contributed by atoms with Crippen molar-refractivity contribution in [2.75, 3.05) is 12.3 Å². The van der Waals surface area contributed by atoms with E-state index in [9.17, 15) is 4.79 Å². The Balaban J connectivity index is 2.04. The summed E-state index contributed by atoms with van der Waals surface area (Å²) in [5, 5.41) is 0.719. The maximum atomic E-state index is 12.0. The molecular formula is C15H15N3O3S. The second kappa shape index (κ2) is 5.76. The van der Waals surface area contributed by atoms with E-state index < -0.39 is 0 Å². The van der Waals surface area contributed by atoms with Gasteiger partial charge in [-0.25, -0.2) is 14.8 Å². The van der Waals surface area contributed by atoms with Crippen LogP contribution in [0.3, 0.4) is 0 Å². The van der Waals surface area contributed by atoms with Crippen LogP contribution in [-0.2, 0) is 11.2 Å². The summed E-state index contributed by atoms with van der Waals surface area (Å²) in [6, 6.07) is 3.67. The molecule has 0 amide bonds. The Kier molecular flexibility index (Phi) is 3.81. The minimum absolute atomic E-state index is 0.331. The van der Waals surface area contributed by atoms with Crippen LogP contribution in [0, 0.1) is 6.92 Å². The summed E-state index contributed by atoms with van der Waals surface area (Å²) in [5.41, 5.74) is 6.81. The third-order valence-electron chi connectivity index (χ3n) is 3.24. The maximum Gasteiger partial charge on any atom is 0.348 e. The van der Waals surface area contributed by atoms with Gasteiger partial charge in [0, 0.05) is 0 Å². The van der Waals surface area contributed by atoms with Crippen LogP contribution in [0.25, 0.3) is 10.2 Å².